The number of fused-ring (bicyclic) bond motifs is 1. The Bertz CT molecular complexity index is 1380. The van der Waals surface area contributed by atoms with Gasteiger partial charge in [-0.05, 0) is 48.8 Å². The van der Waals surface area contributed by atoms with Crippen LogP contribution in [0.3, 0.4) is 0 Å². The van der Waals surface area contributed by atoms with Crippen molar-refractivity contribution in [2.75, 3.05) is 20.8 Å². The van der Waals surface area contributed by atoms with Crippen LogP contribution in [0.5, 0.6) is 11.5 Å². The highest BCUT2D eigenvalue weighted by atomic mass is 19.1. The molecule has 0 unspecified atom stereocenters. The summed E-state index contributed by atoms with van der Waals surface area (Å²) in [6.07, 6.45) is 3.03. The highest BCUT2D eigenvalue weighted by Crippen LogP contribution is 2.39. The molecule has 10 nitrogen and oxygen atoms in total. The van der Waals surface area contributed by atoms with E-state index in [1.54, 1.807) is 29.9 Å². The van der Waals surface area contributed by atoms with Crippen LogP contribution in [0.25, 0.3) is 11.0 Å². The molecule has 3 aromatic rings. The smallest absolute Gasteiger partial charge is 0.336 e. The summed E-state index contributed by atoms with van der Waals surface area (Å²) in [7, 11) is 2.95. The summed E-state index contributed by atoms with van der Waals surface area (Å²) in [4.78, 5) is 36.0. The van der Waals surface area contributed by atoms with E-state index in [-0.39, 0.29) is 23.3 Å². The summed E-state index contributed by atoms with van der Waals surface area (Å²) in [5.74, 6) is 1.07. The van der Waals surface area contributed by atoms with E-state index >= 15 is 0 Å². The number of imidazole rings is 1. The number of hydrogen-bond donors (Lipinski definition) is 1. The lowest BCUT2D eigenvalue weighted by atomic mass is 9.69. The minimum absolute atomic E-state index is 0.0730. The molecule has 1 saturated carbocycles. The number of ether oxygens (including phenoxy) is 2. The number of carbonyl (C=O) groups is 1. The summed E-state index contributed by atoms with van der Waals surface area (Å²) in [5.41, 5.74) is 6.21. The molecule has 1 heterocycles. The molecule has 39 heavy (non-hydrogen) atoms. The van der Waals surface area contributed by atoms with Gasteiger partial charge in [-0.1, -0.05) is 27.2 Å². The van der Waals surface area contributed by atoms with E-state index in [0.29, 0.717) is 47.6 Å². The fourth-order valence-electron chi connectivity index (χ4n) is 5.34. The molecule has 4 rings (SSSR count). The first-order valence-electron chi connectivity index (χ1n) is 13.0. The summed E-state index contributed by atoms with van der Waals surface area (Å²) in [5, 5.41) is 10.1. The standard InChI is InChI=1S/C21H31N3O3.C7H6FNO3/c1-13(2)16-7-5-14(3)11-17(16)20(25)24-18-8-6-15(27-4)12-19(18)23(10-9-22)21(24)26;1-12-5-2-3-7(9(10)11)6(8)4-5/h6,8,12-14,16-17H,5,7,9-11,22H2,1-4H3;2-4H,1H3/t14-,16+,17-;/m1./s1. The van der Waals surface area contributed by atoms with Gasteiger partial charge in [0, 0.05) is 37.2 Å². The van der Waals surface area contributed by atoms with Crippen LogP contribution in [0.2, 0.25) is 0 Å². The number of nitrogens with two attached hydrogens (primary N) is 1. The second-order valence-electron chi connectivity index (χ2n) is 10.3. The van der Waals surface area contributed by atoms with Gasteiger partial charge in [0.2, 0.25) is 11.7 Å². The third kappa shape index (κ3) is 6.47. The van der Waals surface area contributed by atoms with Gasteiger partial charge in [0.05, 0.1) is 30.2 Å². The molecule has 0 aliphatic heterocycles. The predicted octanol–water partition coefficient (Wildman–Crippen LogP) is 4.86. The molecule has 3 atom stereocenters. The van der Waals surface area contributed by atoms with Crippen LogP contribution in [0.1, 0.15) is 44.8 Å². The maximum Gasteiger partial charge on any atom is 0.336 e. The number of benzene rings is 2. The van der Waals surface area contributed by atoms with Gasteiger partial charge >= 0.3 is 11.4 Å². The molecule has 0 bridgehead atoms. The number of methoxy groups -OCH3 is 2. The molecule has 0 saturated heterocycles. The first kappa shape index (κ1) is 29.8. The van der Waals surface area contributed by atoms with E-state index in [4.69, 9.17) is 10.5 Å². The summed E-state index contributed by atoms with van der Waals surface area (Å²) in [6, 6.07) is 8.77. The van der Waals surface area contributed by atoms with Gasteiger partial charge in [-0.25, -0.2) is 9.36 Å². The fourth-order valence-corrected chi connectivity index (χ4v) is 5.34. The van der Waals surface area contributed by atoms with E-state index in [9.17, 15) is 24.1 Å². The van der Waals surface area contributed by atoms with Crippen LogP contribution < -0.4 is 20.9 Å². The SMILES string of the molecule is COc1ccc([N+](=O)[O-])c(F)c1.COc1ccc2c(c1)n(CCN)c(=O)n2C(=O)[C@@H]1C[C@H](C)CC[C@H]1C(C)C. The molecule has 0 radical (unpaired) electrons. The summed E-state index contributed by atoms with van der Waals surface area (Å²) < 4.78 is 25.7. The molecule has 1 aliphatic rings. The Morgan fingerprint density at radius 1 is 1.13 bits per heavy atom. The van der Waals surface area contributed by atoms with Crippen molar-refractivity contribution < 1.29 is 23.6 Å². The van der Waals surface area contributed by atoms with Gasteiger partial charge in [-0.2, -0.15) is 4.39 Å². The normalized spacial score (nSPS) is 18.9. The average Bonchev–Trinajstić information content (AvgIpc) is 3.18. The Morgan fingerprint density at radius 2 is 1.77 bits per heavy atom. The fraction of sp³-hybridized carbons (Fsp3) is 0.500. The van der Waals surface area contributed by atoms with E-state index < -0.39 is 16.4 Å². The number of rotatable bonds is 7. The van der Waals surface area contributed by atoms with Gasteiger partial charge in [-0.15, -0.1) is 0 Å². The zero-order valence-corrected chi connectivity index (χ0v) is 23.1. The molecule has 0 spiro atoms. The van der Waals surface area contributed by atoms with Gasteiger partial charge in [0.25, 0.3) is 0 Å². The highest BCUT2D eigenvalue weighted by molar-refractivity contribution is 5.92. The summed E-state index contributed by atoms with van der Waals surface area (Å²) >= 11 is 0. The quantitative estimate of drug-likeness (QED) is 0.332. The minimum Gasteiger partial charge on any atom is -0.497 e. The summed E-state index contributed by atoms with van der Waals surface area (Å²) in [6.45, 7) is 7.25. The molecule has 1 aliphatic carbocycles. The Kier molecular flexibility index (Phi) is 9.85. The molecular weight excluding hydrogens is 507 g/mol. The molecule has 11 heteroatoms. The third-order valence-corrected chi connectivity index (χ3v) is 7.40. The number of hydrogen-bond acceptors (Lipinski definition) is 7. The van der Waals surface area contributed by atoms with Gasteiger partial charge in [0.15, 0.2) is 0 Å². The van der Waals surface area contributed by atoms with Crippen molar-refractivity contribution in [3.8, 4) is 11.5 Å². The predicted molar refractivity (Wildman–Crippen MR) is 147 cm³/mol. The van der Waals surface area contributed by atoms with Crippen molar-refractivity contribution >= 4 is 22.6 Å². The van der Waals surface area contributed by atoms with E-state index in [1.165, 1.54) is 17.7 Å². The maximum absolute atomic E-state index is 13.6. The van der Waals surface area contributed by atoms with Crippen LogP contribution in [-0.2, 0) is 6.54 Å². The van der Waals surface area contributed by atoms with Crippen molar-refractivity contribution in [2.45, 2.75) is 46.6 Å². The van der Waals surface area contributed by atoms with Crippen molar-refractivity contribution in [1.82, 2.24) is 9.13 Å². The van der Waals surface area contributed by atoms with Crippen LogP contribution >= 0.6 is 0 Å². The zero-order valence-electron chi connectivity index (χ0n) is 23.1. The van der Waals surface area contributed by atoms with Gasteiger partial charge in [-0.3, -0.25) is 19.5 Å². The van der Waals surface area contributed by atoms with Crippen molar-refractivity contribution in [3.63, 3.8) is 0 Å². The Labute approximate surface area is 226 Å². The second kappa shape index (κ2) is 12.9. The lowest BCUT2D eigenvalue weighted by Crippen LogP contribution is -2.40. The lowest BCUT2D eigenvalue weighted by Gasteiger charge is -2.36. The van der Waals surface area contributed by atoms with Crippen LogP contribution in [0.4, 0.5) is 10.1 Å². The molecule has 2 N–H and O–H groups in total. The first-order valence-corrected chi connectivity index (χ1v) is 13.0. The lowest BCUT2D eigenvalue weighted by molar-refractivity contribution is -0.387. The van der Waals surface area contributed by atoms with Gasteiger partial charge in [0.1, 0.15) is 11.5 Å². The molecular formula is C28H37FN4O6. The number of halogens is 1. The first-order chi connectivity index (χ1) is 18.5. The third-order valence-electron chi connectivity index (χ3n) is 7.40. The molecule has 0 amide bonds. The minimum atomic E-state index is -0.889. The number of nitrogens with zero attached hydrogens (tertiary/aromatic N) is 3. The number of aromatic nitrogens is 2. The Morgan fingerprint density at radius 3 is 2.33 bits per heavy atom. The monoisotopic (exact) mass is 544 g/mol. The van der Waals surface area contributed by atoms with E-state index in [0.717, 1.165) is 31.4 Å². The van der Waals surface area contributed by atoms with Crippen LogP contribution in [-0.4, -0.2) is 40.7 Å². The molecule has 1 fully saturated rings. The second-order valence-corrected chi connectivity index (χ2v) is 10.3. The van der Waals surface area contributed by atoms with Crippen molar-refractivity contribution in [3.05, 3.63) is 62.8 Å². The highest BCUT2D eigenvalue weighted by Gasteiger charge is 2.37. The average molecular weight is 545 g/mol. The Hall–Kier alpha value is -3.73. The zero-order chi connectivity index (χ0) is 28.9. The maximum atomic E-state index is 13.6. The molecule has 2 aromatic carbocycles. The van der Waals surface area contributed by atoms with Gasteiger partial charge < -0.3 is 15.2 Å². The molecule has 212 valence electrons. The topological polar surface area (TPSA) is 132 Å². The molecule has 1 aromatic heterocycles. The van der Waals surface area contributed by atoms with Crippen molar-refractivity contribution in [1.29, 1.82) is 0 Å². The van der Waals surface area contributed by atoms with E-state index in [2.05, 4.69) is 25.5 Å². The van der Waals surface area contributed by atoms with E-state index in [1.807, 2.05) is 0 Å². The number of carbonyl (C=O) groups excluding carboxylic acids is 1. The van der Waals surface area contributed by atoms with Crippen molar-refractivity contribution in [2.24, 2.45) is 29.4 Å². The van der Waals surface area contributed by atoms with Crippen LogP contribution in [0, 0.1) is 39.6 Å². The largest absolute Gasteiger partial charge is 0.497 e. The Balaban J connectivity index is 0.000000293. The number of nitro benzene ring substituents is 1. The van der Waals surface area contributed by atoms with Crippen LogP contribution in [0.15, 0.2) is 41.2 Å². The number of nitro groups is 1.